The lowest BCUT2D eigenvalue weighted by molar-refractivity contribution is -0.142. The summed E-state index contributed by atoms with van der Waals surface area (Å²) in [6.45, 7) is 0.0481. The molecule has 0 spiro atoms. The third-order valence-corrected chi connectivity index (χ3v) is 5.55. The second kappa shape index (κ2) is 15.3. The standard InChI is InChI=1S/C26H35N5O5/c27-14-8-7-13-21(26(35)36)31-25(34)22(16-19-11-5-2-6-12-19)30-23(32)17-29-24(33)20(28)15-18-9-3-1-4-10-18/h1-6,9-12,20-22H,7-8,13-17,27-28H2,(H,29,33)(H,30,32)(H,31,34)(H,35,36)/t20-,21-,22-/m0/s1. The number of carbonyl (C=O) groups is 4. The first kappa shape index (κ1) is 28.5. The Morgan fingerprint density at radius 1 is 0.778 bits per heavy atom. The van der Waals surface area contributed by atoms with Gasteiger partial charge < -0.3 is 32.5 Å². The van der Waals surface area contributed by atoms with Crippen molar-refractivity contribution in [3.63, 3.8) is 0 Å². The number of carboxylic acid groups (broad SMARTS) is 1. The van der Waals surface area contributed by atoms with Crippen molar-refractivity contribution in [2.24, 2.45) is 11.5 Å². The van der Waals surface area contributed by atoms with Gasteiger partial charge in [0.1, 0.15) is 12.1 Å². The summed E-state index contributed by atoms with van der Waals surface area (Å²) in [5.41, 5.74) is 13.1. The molecule has 3 atom stereocenters. The van der Waals surface area contributed by atoms with Crippen LogP contribution in [0.5, 0.6) is 0 Å². The first-order valence-corrected chi connectivity index (χ1v) is 11.9. The third kappa shape index (κ3) is 10.2. The average molecular weight is 498 g/mol. The van der Waals surface area contributed by atoms with Gasteiger partial charge >= 0.3 is 5.97 Å². The van der Waals surface area contributed by atoms with E-state index < -0.39 is 41.8 Å². The van der Waals surface area contributed by atoms with Gasteiger partial charge in [0.05, 0.1) is 12.6 Å². The number of unbranched alkanes of at least 4 members (excludes halogenated alkanes) is 1. The predicted octanol–water partition coefficient (Wildman–Crippen LogP) is 0.0985. The van der Waals surface area contributed by atoms with Gasteiger partial charge in [-0.25, -0.2) is 4.79 Å². The number of amides is 3. The summed E-state index contributed by atoms with van der Waals surface area (Å²) >= 11 is 0. The number of carboxylic acids is 1. The molecule has 10 heteroatoms. The van der Waals surface area contributed by atoms with Crippen LogP contribution < -0.4 is 27.4 Å². The van der Waals surface area contributed by atoms with Crippen LogP contribution >= 0.6 is 0 Å². The smallest absolute Gasteiger partial charge is 0.326 e. The van der Waals surface area contributed by atoms with E-state index >= 15 is 0 Å². The quantitative estimate of drug-likeness (QED) is 0.189. The first-order valence-electron chi connectivity index (χ1n) is 11.9. The predicted molar refractivity (Wildman–Crippen MR) is 136 cm³/mol. The molecule has 3 amide bonds. The molecule has 0 bridgehead atoms. The third-order valence-electron chi connectivity index (χ3n) is 5.55. The molecule has 0 aliphatic rings. The van der Waals surface area contributed by atoms with Crippen molar-refractivity contribution in [2.75, 3.05) is 13.1 Å². The molecule has 0 saturated heterocycles. The molecule has 10 nitrogen and oxygen atoms in total. The van der Waals surface area contributed by atoms with Crippen molar-refractivity contribution in [1.29, 1.82) is 0 Å². The fourth-order valence-electron chi connectivity index (χ4n) is 3.59. The van der Waals surface area contributed by atoms with Gasteiger partial charge in [0.15, 0.2) is 0 Å². The first-order chi connectivity index (χ1) is 17.3. The van der Waals surface area contributed by atoms with Crippen LogP contribution in [0.1, 0.15) is 30.4 Å². The molecule has 36 heavy (non-hydrogen) atoms. The molecule has 0 fully saturated rings. The molecule has 2 aromatic rings. The number of carbonyl (C=O) groups excluding carboxylic acids is 3. The van der Waals surface area contributed by atoms with Crippen molar-refractivity contribution < 1.29 is 24.3 Å². The minimum atomic E-state index is -1.16. The van der Waals surface area contributed by atoms with E-state index in [1.54, 1.807) is 24.3 Å². The van der Waals surface area contributed by atoms with Crippen molar-refractivity contribution in [3.8, 4) is 0 Å². The molecule has 0 radical (unpaired) electrons. The summed E-state index contributed by atoms with van der Waals surface area (Å²) in [7, 11) is 0. The fraction of sp³-hybridized carbons (Fsp3) is 0.385. The molecule has 0 aliphatic heterocycles. The topological polar surface area (TPSA) is 177 Å². The highest BCUT2D eigenvalue weighted by Crippen LogP contribution is 2.06. The molecule has 0 heterocycles. The van der Waals surface area contributed by atoms with Gasteiger partial charge in [0, 0.05) is 6.42 Å². The maximum absolute atomic E-state index is 13.0. The SMILES string of the molecule is NCCCC[C@H](NC(=O)[C@H](Cc1ccccc1)NC(=O)CNC(=O)[C@@H](N)Cc1ccccc1)C(=O)O. The van der Waals surface area contributed by atoms with Crippen molar-refractivity contribution in [1.82, 2.24) is 16.0 Å². The normalized spacial score (nSPS) is 13.2. The number of nitrogens with one attached hydrogen (secondary N) is 3. The fourth-order valence-corrected chi connectivity index (χ4v) is 3.59. The number of rotatable bonds is 15. The summed E-state index contributed by atoms with van der Waals surface area (Å²) in [6.07, 6.45) is 1.86. The minimum absolute atomic E-state index is 0.148. The molecule has 8 N–H and O–H groups in total. The molecular weight excluding hydrogens is 462 g/mol. The van der Waals surface area contributed by atoms with E-state index in [9.17, 15) is 24.3 Å². The van der Waals surface area contributed by atoms with Crippen LogP contribution in [-0.4, -0.2) is 60.0 Å². The molecule has 2 aromatic carbocycles. The van der Waals surface area contributed by atoms with Crippen LogP contribution in [0.3, 0.4) is 0 Å². The van der Waals surface area contributed by atoms with Crippen LogP contribution in [0.15, 0.2) is 60.7 Å². The number of aliphatic carboxylic acids is 1. The van der Waals surface area contributed by atoms with E-state index in [1.165, 1.54) is 0 Å². The Morgan fingerprint density at radius 2 is 1.36 bits per heavy atom. The molecule has 0 unspecified atom stereocenters. The summed E-state index contributed by atoms with van der Waals surface area (Å²) in [6, 6.07) is 15.3. The molecule has 2 rings (SSSR count). The molecule has 0 aliphatic carbocycles. The Balaban J connectivity index is 1.98. The van der Waals surface area contributed by atoms with Gasteiger partial charge in [-0.15, -0.1) is 0 Å². The number of hydrogen-bond donors (Lipinski definition) is 6. The van der Waals surface area contributed by atoms with Crippen LogP contribution in [0.25, 0.3) is 0 Å². The summed E-state index contributed by atoms with van der Waals surface area (Å²) in [5, 5.41) is 17.1. The Labute approximate surface area is 210 Å². The summed E-state index contributed by atoms with van der Waals surface area (Å²) in [4.78, 5) is 49.5. The molecular formula is C26H35N5O5. The van der Waals surface area contributed by atoms with E-state index in [4.69, 9.17) is 11.5 Å². The zero-order valence-corrected chi connectivity index (χ0v) is 20.2. The van der Waals surface area contributed by atoms with E-state index in [0.717, 1.165) is 11.1 Å². The Bertz CT molecular complexity index is 987. The van der Waals surface area contributed by atoms with Gasteiger partial charge in [-0.1, -0.05) is 60.7 Å². The lowest BCUT2D eigenvalue weighted by atomic mass is 10.0. The van der Waals surface area contributed by atoms with Crippen LogP contribution in [0.4, 0.5) is 0 Å². The number of hydrogen-bond acceptors (Lipinski definition) is 6. The maximum atomic E-state index is 13.0. The van der Waals surface area contributed by atoms with E-state index in [1.807, 2.05) is 36.4 Å². The lowest BCUT2D eigenvalue weighted by Gasteiger charge is -2.22. The van der Waals surface area contributed by atoms with E-state index in [2.05, 4.69) is 16.0 Å². The lowest BCUT2D eigenvalue weighted by Crippen LogP contribution is -2.54. The van der Waals surface area contributed by atoms with E-state index in [-0.39, 0.29) is 19.4 Å². The molecule has 0 aromatic heterocycles. The molecule has 194 valence electrons. The Hall–Kier alpha value is -3.76. The van der Waals surface area contributed by atoms with Crippen LogP contribution in [0, 0.1) is 0 Å². The van der Waals surface area contributed by atoms with Gasteiger partial charge in [-0.3, -0.25) is 14.4 Å². The van der Waals surface area contributed by atoms with Crippen molar-refractivity contribution in [2.45, 2.75) is 50.2 Å². The monoisotopic (exact) mass is 497 g/mol. The largest absolute Gasteiger partial charge is 0.480 e. The number of benzene rings is 2. The van der Waals surface area contributed by atoms with Crippen LogP contribution in [-0.2, 0) is 32.0 Å². The van der Waals surface area contributed by atoms with E-state index in [0.29, 0.717) is 25.8 Å². The van der Waals surface area contributed by atoms with Crippen molar-refractivity contribution >= 4 is 23.7 Å². The second-order valence-electron chi connectivity index (χ2n) is 8.51. The van der Waals surface area contributed by atoms with Gasteiger partial charge in [-0.2, -0.15) is 0 Å². The minimum Gasteiger partial charge on any atom is -0.480 e. The summed E-state index contributed by atoms with van der Waals surface area (Å²) < 4.78 is 0. The Morgan fingerprint density at radius 3 is 1.92 bits per heavy atom. The summed E-state index contributed by atoms with van der Waals surface area (Å²) in [5.74, 6) is -2.88. The highest BCUT2D eigenvalue weighted by molar-refractivity contribution is 5.92. The zero-order chi connectivity index (χ0) is 26.3. The maximum Gasteiger partial charge on any atom is 0.326 e. The van der Waals surface area contributed by atoms with Gasteiger partial charge in [0.25, 0.3) is 0 Å². The second-order valence-corrected chi connectivity index (χ2v) is 8.51. The van der Waals surface area contributed by atoms with Crippen molar-refractivity contribution in [3.05, 3.63) is 71.8 Å². The zero-order valence-electron chi connectivity index (χ0n) is 20.2. The average Bonchev–Trinajstić information content (AvgIpc) is 2.87. The molecule has 0 saturated carbocycles. The Kier molecular flexibility index (Phi) is 12.1. The van der Waals surface area contributed by atoms with Crippen LogP contribution in [0.2, 0.25) is 0 Å². The van der Waals surface area contributed by atoms with Gasteiger partial charge in [0.2, 0.25) is 17.7 Å². The highest BCUT2D eigenvalue weighted by Gasteiger charge is 2.27. The van der Waals surface area contributed by atoms with Gasteiger partial charge in [-0.05, 0) is 43.4 Å². The number of nitrogens with two attached hydrogens (primary N) is 2. The highest BCUT2D eigenvalue weighted by atomic mass is 16.4.